The van der Waals surface area contributed by atoms with Gasteiger partial charge >= 0.3 is 0 Å². The predicted molar refractivity (Wildman–Crippen MR) is 115 cm³/mol. The molecule has 3 aromatic carbocycles. The van der Waals surface area contributed by atoms with Crippen molar-refractivity contribution in [2.45, 2.75) is 17.7 Å². The Morgan fingerprint density at radius 3 is 2.13 bits per heavy atom. The van der Waals surface area contributed by atoms with Gasteiger partial charge < -0.3 is 5.32 Å². The second-order valence-electron chi connectivity index (χ2n) is 7.37. The molecule has 1 atom stereocenters. The third kappa shape index (κ3) is 4.19. The van der Waals surface area contributed by atoms with Crippen LogP contribution >= 0.6 is 0 Å². The van der Waals surface area contributed by atoms with Gasteiger partial charge in [-0.05, 0) is 42.2 Å². The summed E-state index contributed by atoms with van der Waals surface area (Å²) >= 11 is 0. The van der Waals surface area contributed by atoms with Crippen molar-refractivity contribution in [2.75, 3.05) is 11.1 Å². The number of amides is 1. The highest BCUT2D eigenvalue weighted by Gasteiger charge is 2.40. The Kier molecular flexibility index (Phi) is 5.50. The smallest absolute Gasteiger partial charge is 0.236 e. The van der Waals surface area contributed by atoms with E-state index in [1.807, 2.05) is 30.3 Å². The summed E-state index contributed by atoms with van der Waals surface area (Å²) in [6, 6.07) is 23.6. The number of hydrogen-bond donors (Lipinski definition) is 1. The van der Waals surface area contributed by atoms with Crippen LogP contribution in [0.2, 0.25) is 0 Å². The molecule has 152 valence electrons. The zero-order chi connectivity index (χ0) is 21.1. The number of ketones is 1. The van der Waals surface area contributed by atoms with Crippen LogP contribution in [0, 0.1) is 5.92 Å². The Labute approximate surface area is 175 Å². The van der Waals surface area contributed by atoms with Gasteiger partial charge in [-0.15, -0.1) is 0 Å². The summed E-state index contributed by atoms with van der Waals surface area (Å²) < 4.78 is 25.0. The topological polar surface area (TPSA) is 80.3 Å². The van der Waals surface area contributed by atoms with Crippen molar-refractivity contribution in [3.05, 3.63) is 95.6 Å². The summed E-state index contributed by atoms with van der Waals surface area (Å²) in [5, 5.41) is 2.69. The summed E-state index contributed by atoms with van der Waals surface area (Å²) in [5.74, 6) is -2.82. The van der Waals surface area contributed by atoms with Crippen LogP contribution in [-0.2, 0) is 27.5 Å². The monoisotopic (exact) mass is 419 g/mol. The lowest BCUT2D eigenvalue weighted by atomic mass is 9.97. The molecule has 30 heavy (non-hydrogen) atoms. The van der Waals surface area contributed by atoms with Crippen LogP contribution in [0.4, 0.5) is 5.69 Å². The van der Waals surface area contributed by atoms with Gasteiger partial charge in [0.1, 0.15) is 5.92 Å². The molecule has 0 saturated heterocycles. The zero-order valence-electron chi connectivity index (χ0n) is 16.2. The number of nitrogens with one attached hydrogen (secondary N) is 1. The number of hydrogen-bond acceptors (Lipinski definition) is 4. The molecule has 1 N–H and O–H groups in total. The maximum Gasteiger partial charge on any atom is 0.236 e. The lowest BCUT2D eigenvalue weighted by Crippen LogP contribution is -2.39. The first-order valence-electron chi connectivity index (χ1n) is 9.74. The van der Waals surface area contributed by atoms with Gasteiger partial charge in [0, 0.05) is 11.3 Å². The minimum absolute atomic E-state index is 0.00168. The van der Waals surface area contributed by atoms with Crippen LogP contribution in [0.3, 0.4) is 0 Å². The Hall–Kier alpha value is -3.25. The van der Waals surface area contributed by atoms with Gasteiger partial charge in [-0.2, -0.15) is 0 Å². The number of anilines is 1. The molecule has 1 aliphatic rings. The van der Waals surface area contributed by atoms with Gasteiger partial charge in [0.25, 0.3) is 0 Å². The quantitative estimate of drug-likeness (QED) is 0.640. The van der Waals surface area contributed by atoms with Crippen molar-refractivity contribution in [2.24, 2.45) is 5.92 Å². The van der Waals surface area contributed by atoms with Gasteiger partial charge in [0.2, 0.25) is 5.91 Å². The average Bonchev–Trinajstić information content (AvgIpc) is 2.76. The zero-order valence-corrected chi connectivity index (χ0v) is 17.1. The molecular weight excluding hydrogens is 398 g/mol. The predicted octanol–water partition coefficient (Wildman–Crippen LogP) is 3.70. The second kappa shape index (κ2) is 8.24. The third-order valence-corrected chi connectivity index (χ3v) is 7.07. The van der Waals surface area contributed by atoms with Gasteiger partial charge in [0.05, 0.1) is 10.6 Å². The van der Waals surface area contributed by atoms with Crippen molar-refractivity contribution < 1.29 is 18.0 Å². The molecule has 4 rings (SSSR count). The molecule has 0 bridgehead atoms. The third-order valence-electron chi connectivity index (χ3n) is 5.27. The normalized spacial score (nSPS) is 17.2. The Morgan fingerprint density at radius 1 is 0.833 bits per heavy atom. The number of fused-ring (bicyclic) bond motifs is 1. The van der Waals surface area contributed by atoms with E-state index in [0.717, 1.165) is 18.4 Å². The maximum absolute atomic E-state index is 12.7. The summed E-state index contributed by atoms with van der Waals surface area (Å²) in [6.07, 6.45) is 1.79. The number of benzene rings is 3. The van der Waals surface area contributed by atoms with E-state index in [-0.39, 0.29) is 10.5 Å². The molecule has 1 unspecified atom stereocenters. The van der Waals surface area contributed by atoms with Crippen molar-refractivity contribution in [3.63, 3.8) is 0 Å². The average molecular weight is 420 g/mol. The van der Waals surface area contributed by atoms with Crippen LogP contribution in [0.15, 0.2) is 83.8 Å². The van der Waals surface area contributed by atoms with E-state index < -0.39 is 33.2 Å². The number of aryl methyl sites for hydroxylation is 2. The standard InChI is InChI=1S/C24H21NO4S/c26-23-20-8-4-5-9-22(20)30(28,29)16-21(23)24(27)25-19-14-12-18(13-15-19)11-10-17-6-2-1-3-7-17/h1-9,12-15,21H,10-11,16H2,(H,25,27). The highest BCUT2D eigenvalue weighted by molar-refractivity contribution is 7.91. The first-order valence-corrected chi connectivity index (χ1v) is 11.4. The van der Waals surface area contributed by atoms with Gasteiger partial charge in [0.15, 0.2) is 15.6 Å². The van der Waals surface area contributed by atoms with Gasteiger partial charge in [-0.1, -0.05) is 60.7 Å². The molecule has 0 radical (unpaired) electrons. The molecule has 0 fully saturated rings. The number of carbonyl (C=O) groups is 2. The van der Waals surface area contributed by atoms with Crippen molar-refractivity contribution in [1.82, 2.24) is 0 Å². The van der Waals surface area contributed by atoms with E-state index in [4.69, 9.17) is 0 Å². The molecular formula is C24H21NO4S. The summed E-state index contributed by atoms with van der Waals surface area (Å²) in [7, 11) is -3.68. The van der Waals surface area contributed by atoms with Crippen LogP contribution in [-0.4, -0.2) is 25.9 Å². The first-order chi connectivity index (χ1) is 14.4. The SMILES string of the molecule is O=C(Nc1ccc(CCc2ccccc2)cc1)C1CS(=O)(=O)c2ccccc2C1=O. The Balaban J connectivity index is 1.43. The lowest BCUT2D eigenvalue weighted by Gasteiger charge is -2.22. The number of Topliss-reactive ketones (excluding diaryl/α,β-unsaturated/α-hetero) is 1. The van der Waals surface area contributed by atoms with Gasteiger partial charge in [-0.25, -0.2) is 8.42 Å². The maximum atomic E-state index is 12.7. The van der Waals surface area contributed by atoms with Crippen molar-refractivity contribution in [1.29, 1.82) is 0 Å². The minimum Gasteiger partial charge on any atom is -0.325 e. The number of carbonyl (C=O) groups excluding carboxylic acids is 2. The fraction of sp³-hybridized carbons (Fsp3) is 0.167. The Bertz CT molecular complexity index is 1190. The highest BCUT2D eigenvalue weighted by atomic mass is 32.2. The minimum atomic E-state index is -3.68. The van der Waals surface area contributed by atoms with E-state index >= 15 is 0 Å². The molecule has 1 aliphatic heterocycles. The highest BCUT2D eigenvalue weighted by Crippen LogP contribution is 2.29. The molecule has 0 saturated carbocycles. The van der Waals surface area contributed by atoms with E-state index in [1.54, 1.807) is 24.3 Å². The van der Waals surface area contributed by atoms with Crippen molar-refractivity contribution in [3.8, 4) is 0 Å². The molecule has 0 aromatic heterocycles. The van der Waals surface area contributed by atoms with Crippen LogP contribution in [0.1, 0.15) is 21.5 Å². The molecule has 6 heteroatoms. The van der Waals surface area contributed by atoms with Crippen LogP contribution < -0.4 is 5.32 Å². The number of rotatable bonds is 5. The van der Waals surface area contributed by atoms with E-state index in [0.29, 0.717) is 5.69 Å². The van der Waals surface area contributed by atoms with E-state index in [9.17, 15) is 18.0 Å². The summed E-state index contributed by atoms with van der Waals surface area (Å²) in [4.78, 5) is 25.4. The second-order valence-corrected chi connectivity index (χ2v) is 9.37. The summed E-state index contributed by atoms with van der Waals surface area (Å²) in [5.41, 5.74) is 3.00. The van der Waals surface area contributed by atoms with E-state index in [2.05, 4.69) is 17.4 Å². The molecule has 1 heterocycles. The molecule has 0 spiro atoms. The molecule has 0 aliphatic carbocycles. The fourth-order valence-corrected chi connectivity index (χ4v) is 5.34. The molecule has 5 nitrogen and oxygen atoms in total. The van der Waals surface area contributed by atoms with Gasteiger partial charge in [-0.3, -0.25) is 9.59 Å². The van der Waals surface area contributed by atoms with Crippen LogP contribution in [0.25, 0.3) is 0 Å². The first kappa shape index (κ1) is 20.0. The largest absolute Gasteiger partial charge is 0.325 e. The number of sulfone groups is 1. The molecule has 1 amide bonds. The lowest BCUT2D eigenvalue weighted by molar-refractivity contribution is -0.118. The summed E-state index contributed by atoms with van der Waals surface area (Å²) in [6.45, 7) is 0. The fourth-order valence-electron chi connectivity index (χ4n) is 3.63. The van der Waals surface area contributed by atoms with Crippen LogP contribution in [0.5, 0.6) is 0 Å². The van der Waals surface area contributed by atoms with E-state index in [1.165, 1.54) is 17.7 Å². The molecule has 3 aromatic rings. The van der Waals surface area contributed by atoms with Crippen molar-refractivity contribution >= 4 is 27.2 Å². The Morgan fingerprint density at radius 2 is 1.43 bits per heavy atom.